The van der Waals surface area contributed by atoms with Crippen molar-refractivity contribution in [1.82, 2.24) is 5.16 Å². The maximum absolute atomic E-state index is 12.3. The zero-order valence-corrected chi connectivity index (χ0v) is 16.2. The molecule has 0 aliphatic rings. The third kappa shape index (κ3) is 4.79. The zero-order valence-electron chi connectivity index (χ0n) is 13.9. The van der Waals surface area contributed by atoms with E-state index in [0.29, 0.717) is 21.5 Å². The molecular formula is C17H13Cl2N3O4S. The number of anilines is 2. The van der Waals surface area contributed by atoms with Crippen LogP contribution in [-0.2, 0) is 10.0 Å². The van der Waals surface area contributed by atoms with Gasteiger partial charge < -0.3 is 9.84 Å². The highest BCUT2D eigenvalue weighted by molar-refractivity contribution is 7.92. The summed E-state index contributed by atoms with van der Waals surface area (Å²) in [4.78, 5) is 12.3. The number of hydrogen-bond donors (Lipinski definition) is 2. The van der Waals surface area contributed by atoms with Crippen molar-refractivity contribution in [2.75, 3.05) is 10.0 Å². The Kier molecular flexibility index (Phi) is 5.41. The van der Waals surface area contributed by atoms with E-state index in [2.05, 4.69) is 15.2 Å². The summed E-state index contributed by atoms with van der Waals surface area (Å²) in [6.45, 7) is 1.65. The minimum atomic E-state index is -3.83. The number of hydrogen-bond acceptors (Lipinski definition) is 5. The van der Waals surface area contributed by atoms with E-state index in [1.807, 2.05) is 0 Å². The van der Waals surface area contributed by atoms with Crippen molar-refractivity contribution >= 4 is 50.6 Å². The molecule has 0 saturated heterocycles. The minimum Gasteiger partial charge on any atom is -0.360 e. The van der Waals surface area contributed by atoms with E-state index in [1.165, 1.54) is 48.5 Å². The number of aromatic nitrogens is 1. The van der Waals surface area contributed by atoms with Crippen molar-refractivity contribution in [2.45, 2.75) is 11.8 Å². The summed E-state index contributed by atoms with van der Waals surface area (Å²) in [6.07, 6.45) is 0. The predicted octanol–water partition coefficient (Wildman–Crippen LogP) is 4.34. The van der Waals surface area contributed by atoms with Crippen LogP contribution in [0, 0.1) is 6.92 Å². The van der Waals surface area contributed by atoms with Gasteiger partial charge in [-0.3, -0.25) is 9.52 Å². The van der Waals surface area contributed by atoms with Gasteiger partial charge in [-0.2, -0.15) is 0 Å². The van der Waals surface area contributed by atoms with Crippen LogP contribution in [0.3, 0.4) is 0 Å². The van der Waals surface area contributed by atoms with Crippen LogP contribution in [-0.4, -0.2) is 19.5 Å². The van der Waals surface area contributed by atoms with Crippen LogP contribution in [0.5, 0.6) is 0 Å². The second-order valence-corrected chi connectivity index (χ2v) is 8.12. The van der Waals surface area contributed by atoms with Gasteiger partial charge in [0.15, 0.2) is 5.82 Å². The fraction of sp³-hybridized carbons (Fsp3) is 0.0588. The molecule has 0 unspecified atom stereocenters. The smallest absolute Gasteiger partial charge is 0.263 e. The van der Waals surface area contributed by atoms with E-state index in [9.17, 15) is 13.2 Å². The van der Waals surface area contributed by atoms with Crippen LogP contribution in [0.1, 0.15) is 16.1 Å². The molecule has 0 aliphatic carbocycles. The topological polar surface area (TPSA) is 101 Å². The van der Waals surface area contributed by atoms with Crippen LogP contribution in [0.2, 0.25) is 10.0 Å². The Balaban J connectivity index is 1.73. The molecule has 2 N–H and O–H groups in total. The van der Waals surface area contributed by atoms with Gasteiger partial charge in [0.05, 0.1) is 4.90 Å². The summed E-state index contributed by atoms with van der Waals surface area (Å²) >= 11 is 11.8. The first-order valence-electron chi connectivity index (χ1n) is 7.56. The highest BCUT2D eigenvalue weighted by Gasteiger charge is 2.16. The first-order chi connectivity index (χ1) is 12.7. The second kappa shape index (κ2) is 7.59. The normalized spacial score (nSPS) is 11.2. The molecule has 27 heavy (non-hydrogen) atoms. The van der Waals surface area contributed by atoms with Crippen molar-refractivity contribution in [3.05, 3.63) is 69.9 Å². The molecule has 1 aromatic heterocycles. The molecule has 0 atom stereocenters. The Labute approximate surface area is 165 Å². The molecule has 0 fully saturated rings. The lowest BCUT2D eigenvalue weighted by atomic mass is 10.2. The van der Waals surface area contributed by atoms with Gasteiger partial charge in [0.25, 0.3) is 15.9 Å². The fourth-order valence-electron chi connectivity index (χ4n) is 2.22. The van der Waals surface area contributed by atoms with Crippen molar-refractivity contribution in [1.29, 1.82) is 0 Å². The molecule has 0 radical (unpaired) electrons. The molecule has 140 valence electrons. The summed E-state index contributed by atoms with van der Waals surface area (Å²) in [5.41, 5.74) is 0.694. The van der Waals surface area contributed by atoms with Crippen molar-refractivity contribution in [3.8, 4) is 0 Å². The number of sulfonamides is 1. The van der Waals surface area contributed by atoms with Gasteiger partial charge in [0, 0.05) is 27.4 Å². The monoisotopic (exact) mass is 425 g/mol. The Morgan fingerprint density at radius 2 is 1.67 bits per heavy atom. The standard InChI is InChI=1S/C17H13Cl2N3O4S/c1-10-6-16(21-26-10)22-27(24,25)15-4-2-14(3-5-15)20-17(23)11-7-12(18)9-13(19)8-11/h2-9H,1H3,(H,20,23)(H,21,22). The predicted molar refractivity (Wildman–Crippen MR) is 103 cm³/mol. The zero-order chi connectivity index (χ0) is 19.6. The van der Waals surface area contributed by atoms with Crippen LogP contribution >= 0.6 is 23.2 Å². The first-order valence-corrected chi connectivity index (χ1v) is 9.80. The largest absolute Gasteiger partial charge is 0.360 e. The number of nitrogens with zero attached hydrogens (tertiary/aromatic N) is 1. The minimum absolute atomic E-state index is 0.00644. The Morgan fingerprint density at radius 3 is 2.22 bits per heavy atom. The number of benzene rings is 2. The molecule has 0 bridgehead atoms. The molecule has 0 aliphatic heterocycles. The lowest BCUT2D eigenvalue weighted by molar-refractivity contribution is 0.102. The molecule has 2 aromatic carbocycles. The Bertz CT molecular complexity index is 1080. The van der Waals surface area contributed by atoms with Gasteiger partial charge >= 0.3 is 0 Å². The number of rotatable bonds is 5. The van der Waals surface area contributed by atoms with E-state index in [0.717, 1.165) is 0 Å². The molecule has 3 rings (SSSR count). The maximum Gasteiger partial charge on any atom is 0.263 e. The highest BCUT2D eigenvalue weighted by Crippen LogP contribution is 2.21. The lowest BCUT2D eigenvalue weighted by Crippen LogP contribution is -2.14. The van der Waals surface area contributed by atoms with E-state index in [4.69, 9.17) is 27.7 Å². The summed E-state index contributed by atoms with van der Waals surface area (Å²) in [6, 6.07) is 11.6. The molecule has 0 spiro atoms. The lowest BCUT2D eigenvalue weighted by Gasteiger charge is -2.08. The van der Waals surface area contributed by atoms with Gasteiger partial charge in [-0.1, -0.05) is 28.4 Å². The van der Waals surface area contributed by atoms with Crippen LogP contribution in [0.25, 0.3) is 0 Å². The molecule has 3 aromatic rings. The Hall–Kier alpha value is -2.55. The van der Waals surface area contributed by atoms with Crippen molar-refractivity contribution in [2.24, 2.45) is 0 Å². The molecule has 1 amide bonds. The molecule has 7 nitrogen and oxygen atoms in total. The third-order valence-corrected chi connectivity index (χ3v) is 5.22. The second-order valence-electron chi connectivity index (χ2n) is 5.56. The number of halogens is 2. The summed E-state index contributed by atoms with van der Waals surface area (Å²) < 4.78 is 31.8. The van der Waals surface area contributed by atoms with Crippen molar-refractivity contribution in [3.63, 3.8) is 0 Å². The average Bonchev–Trinajstić information content (AvgIpc) is 2.98. The fourth-order valence-corrected chi connectivity index (χ4v) is 3.73. The number of carbonyl (C=O) groups is 1. The van der Waals surface area contributed by atoms with Gasteiger partial charge in [0.2, 0.25) is 0 Å². The van der Waals surface area contributed by atoms with Gasteiger partial charge in [-0.25, -0.2) is 8.42 Å². The van der Waals surface area contributed by atoms with Gasteiger partial charge in [0.1, 0.15) is 5.76 Å². The quantitative estimate of drug-likeness (QED) is 0.632. The Morgan fingerprint density at radius 1 is 1.04 bits per heavy atom. The van der Waals surface area contributed by atoms with Crippen LogP contribution in [0.4, 0.5) is 11.5 Å². The summed E-state index contributed by atoms with van der Waals surface area (Å²) in [5.74, 6) is 0.140. The van der Waals surface area contributed by atoms with Gasteiger partial charge in [-0.05, 0) is 49.4 Å². The maximum atomic E-state index is 12.3. The third-order valence-electron chi connectivity index (χ3n) is 3.41. The first kappa shape index (κ1) is 19.2. The van der Waals surface area contributed by atoms with E-state index in [-0.39, 0.29) is 16.3 Å². The van der Waals surface area contributed by atoms with Gasteiger partial charge in [-0.15, -0.1) is 0 Å². The van der Waals surface area contributed by atoms with Crippen LogP contribution < -0.4 is 10.0 Å². The number of amides is 1. The molecule has 0 saturated carbocycles. The summed E-state index contributed by atoms with van der Waals surface area (Å²) in [5, 5.41) is 6.91. The van der Waals surface area contributed by atoms with Crippen molar-refractivity contribution < 1.29 is 17.7 Å². The van der Waals surface area contributed by atoms with Crippen LogP contribution in [0.15, 0.2) is 57.9 Å². The van der Waals surface area contributed by atoms with E-state index in [1.54, 1.807) is 6.92 Å². The number of aryl methyl sites for hydroxylation is 1. The van der Waals surface area contributed by atoms with E-state index < -0.39 is 15.9 Å². The molecule has 1 heterocycles. The SMILES string of the molecule is Cc1cc(NS(=O)(=O)c2ccc(NC(=O)c3cc(Cl)cc(Cl)c3)cc2)no1. The highest BCUT2D eigenvalue weighted by atomic mass is 35.5. The molecule has 10 heteroatoms. The van der Waals surface area contributed by atoms with E-state index >= 15 is 0 Å². The molecular weight excluding hydrogens is 413 g/mol. The summed E-state index contributed by atoms with van der Waals surface area (Å²) in [7, 11) is -3.83. The average molecular weight is 426 g/mol. The number of carbonyl (C=O) groups excluding carboxylic acids is 1. The number of nitrogens with one attached hydrogen (secondary N) is 2.